The van der Waals surface area contributed by atoms with Crippen LogP contribution in [0.4, 0.5) is 0 Å². The van der Waals surface area contributed by atoms with E-state index in [2.05, 4.69) is 29.0 Å². The topological polar surface area (TPSA) is 55.4 Å². The van der Waals surface area contributed by atoms with Crippen LogP contribution in [0.5, 0.6) is 0 Å². The van der Waals surface area contributed by atoms with Gasteiger partial charge in [-0.3, -0.25) is 4.79 Å². The zero-order valence-electron chi connectivity index (χ0n) is 14.1. The largest absolute Gasteiger partial charge is 0.598 e. The van der Waals surface area contributed by atoms with E-state index in [1.807, 2.05) is 27.2 Å². The fraction of sp³-hybridized carbons (Fsp3) is 0.611. The maximum absolute atomic E-state index is 12.7. The van der Waals surface area contributed by atoms with Crippen molar-refractivity contribution in [1.82, 2.24) is 9.62 Å². The number of nitrogens with zero attached hydrogens (tertiary/aromatic N) is 1. The molecule has 1 fully saturated rings. The van der Waals surface area contributed by atoms with Crippen LogP contribution in [0.15, 0.2) is 24.3 Å². The van der Waals surface area contributed by atoms with E-state index in [-0.39, 0.29) is 16.2 Å². The van der Waals surface area contributed by atoms with Crippen molar-refractivity contribution < 1.29 is 9.35 Å². The Bertz CT molecular complexity index is 577. The second-order valence-electron chi connectivity index (χ2n) is 7.75. The van der Waals surface area contributed by atoms with Crippen molar-refractivity contribution in [3.63, 3.8) is 0 Å². The van der Waals surface area contributed by atoms with E-state index >= 15 is 0 Å². The van der Waals surface area contributed by atoms with Gasteiger partial charge in [-0.25, -0.2) is 0 Å². The van der Waals surface area contributed by atoms with Crippen LogP contribution in [0.25, 0.3) is 0 Å². The van der Waals surface area contributed by atoms with Crippen LogP contribution in [0.3, 0.4) is 0 Å². The molecule has 2 atom stereocenters. The lowest BCUT2D eigenvalue weighted by Crippen LogP contribution is -2.49. The Balaban J connectivity index is 1.89. The first-order chi connectivity index (χ1) is 10.9. The summed E-state index contributed by atoms with van der Waals surface area (Å²) in [5.41, 5.74) is 2.67. The highest BCUT2D eigenvalue weighted by Crippen LogP contribution is 2.52. The number of carbonyl (C=O) groups excluding carboxylic acids is 1. The van der Waals surface area contributed by atoms with Gasteiger partial charge >= 0.3 is 6.41 Å². The first-order valence-corrected chi connectivity index (χ1v) is 9.39. The van der Waals surface area contributed by atoms with Crippen molar-refractivity contribution in [2.75, 3.05) is 13.1 Å². The predicted molar refractivity (Wildman–Crippen MR) is 92.9 cm³/mol. The van der Waals surface area contributed by atoms with Crippen LogP contribution in [0.2, 0.25) is 0 Å². The number of piperidine rings is 1. The second-order valence-corrected chi connectivity index (χ2v) is 9.75. The van der Waals surface area contributed by atoms with Gasteiger partial charge in [0, 0.05) is 29.9 Å². The Kier molecular flexibility index (Phi) is 4.47. The number of rotatable bonds is 3. The van der Waals surface area contributed by atoms with Crippen molar-refractivity contribution in [3.05, 3.63) is 35.4 Å². The fourth-order valence-electron chi connectivity index (χ4n) is 3.77. The SMILES string of the molecule is CC(C)(C)[S+]([O-])N[C@@H]1c2ccccc2CC12CCN([C]=O)CC2. The highest BCUT2D eigenvalue weighted by molar-refractivity contribution is 7.90. The Labute approximate surface area is 142 Å². The van der Waals surface area contributed by atoms with Crippen molar-refractivity contribution in [1.29, 1.82) is 0 Å². The van der Waals surface area contributed by atoms with Gasteiger partial charge in [-0.2, -0.15) is 0 Å². The molecule has 5 heteroatoms. The summed E-state index contributed by atoms with van der Waals surface area (Å²) in [5.74, 6) is 0. The Morgan fingerprint density at radius 3 is 2.57 bits per heavy atom. The van der Waals surface area contributed by atoms with Gasteiger partial charge in [-0.05, 0) is 51.2 Å². The molecule has 1 unspecified atom stereocenters. The number of benzene rings is 1. The molecule has 1 spiro atoms. The molecule has 0 saturated carbocycles. The third-order valence-electron chi connectivity index (χ3n) is 5.19. The molecule has 1 heterocycles. The van der Waals surface area contributed by atoms with Crippen molar-refractivity contribution >= 4 is 17.8 Å². The average molecular weight is 333 g/mol. The highest BCUT2D eigenvalue weighted by Gasteiger charge is 2.50. The molecule has 23 heavy (non-hydrogen) atoms. The second kappa shape index (κ2) is 6.11. The standard InChI is InChI=1S/C18H25N2O2S/c1-17(2,3)23(22)19-16-15-7-5-4-6-14(15)12-18(16)8-10-20(13-21)11-9-18/h4-7,16,19H,8-12H2,1-3H3/t16-,23?/m1/s1. The van der Waals surface area contributed by atoms with Crippen LogP contribution >= 0.6 is 0 Å². The molecule has 1 N–H and O–H groups in total. The minimum absolute atomic E-state index is 0.0535. The van der Waals surface area contributed by atoms with Crippen LogP contribution in [0.1, 0.15) is 50.8 Å². The van der Waals surface area contributed by atoms with Crippen molar-refractivity contribution in [2.45, 2.75) is 50.8 Å². The summed E-state index contributed by atoms with van der Waals surface area (Å²) in [6, 6.07) is 8.55. The zero-order valence-corrected chi connectivity index (χ0v) is 14.9. The highest BCUT2D eigenvalue weighted by atomic mass is 32.2. The summed E-state index contributed by atoms with van der Waals surface area (Å²) in [5, 5.41) is 0. The van der Waals surface area contributed by atoms with Gasteiger partial charge in [-0.15, -0.1) is 4.72 Å². The molecule has 0 aromatic heterocycles. The summed E-state index contributed by atoms with van der Waals surface area (Å²) in [4.78, 5) is 12.6. The van der Waals surface area contributed by atoms with Crippen LogP contribution in [-0.4, -0.2) is 33.7 Å². The number of hydrogen-bond donors (Lipinski definition) is 1. The number of nitrogens with one attached hydrogen (secondary N) is 1. The van der Waals surface area contributed by atoms with E-state index in [0.29, 0.717) is 0 Å². The summed E-state index contributed by atoms with van der Waals surface area (Å²) >= 11 is -1.11. The van der Waals surface area contributed by atoms with Crippen LogP contribution < -0.4 is 4.72 Å². The molecule has 2 aliphatic rings. The number of hydrogen-bond acceptors (Lipinski definition) is 3. The molecule has 1 amide bonds. The third-order valence-corrected chi connectivity index (χ3v) is 6.75. The van der Waals surface area contributed by atoms with E-state index in [9.17, 15) is 9.35 Å². The molecule has 1 saturated heterocycles. The Hall–Kier alpha value is -1.04. The van der Waals surface area contributed by atoms with E-state index in [1.54, 1.807) is 4.90 Å². The Morgan fingerprint density at radius 2 is 1.96 bits per heavy atom. The molecule has 1 aromatic rings. The van der Waals surface area contributed by atoms with Crippen molar-refractivity contribution in [3.8, 4) is 0 Å². The maximum Gasteiger partial charge on any atom is 0.312 e. The quantitative estimate of drug-likeness (QED) is 0.865. The van der Waals surface area contributed by atoms with Gasteiger partial charge in [0.15, 0.2) is 0 Å². The first kappa shape index (κ1) is 16.8. The summed E-state index contributed by atoms with van der Waals surface area (Å²) in [6.07, 6.45) is 4.86. The lowest BCUT2D eigenvalue weighted by molar-refractivity contribution is 0.118. The fourth-order valence-corrected chi connectivity index (χ4v) is 4.71. The van der Waals surface area contributed by atoms with Crippen LogP contribution in [-0.2, 0) is 22.6 Å². The van der Waals surface area contributed by atoms with Gasteiger partial charge in [-0.1, -0.05) is 24.3 Å². The zero-order chi connectivity index (χ0) is 16.7. The van der Waals surface area contributed by atoms with E-state index < -0.39 is 11.4 Å². The van der Waals surface area contributed by atoms with Crippen LogP contribution in [0, 0.1) is 5.41 Å². The molecule has 1 radical (unpaired) electrons. The first-order valence-electron chi connectivity index (χ1n) is 8.24. The molecular formula is C18H25N2O2S. The van der Waals surface area contributed by atoms with E-state index in [1.165, 1.54) is 11.1 Å². The molecule has 0 bridgehead atoms. The smallest absolute Gasteiger partial charge is 0.312 e. The maximum atomic E-state index is 12.7. The monoisotopic (exact) mass is 333 g/mol. The molecule has 1 aromatic carbocycles. The third kappa shape index (κ3) is 3.14. The van der Waals surface area contributed by atoms with Crippen molar-refractivity contribution in [2.24, 2.45) is 5.41 Å². The summed E-state index contributed by atoms with van der Waals surface area (Å²) in [6.45, 7) is 7.45. The molecule has 4 nitrogen and oxygen atoms in total. The normalized spacial score (nSPS) is 24.5. The molecule has 3 rings (SSSR count). The van der Waals surface area contributed by atoms with E-state index in [4.69, 9.17) is 0 Å². The predicted octanol–water partition coefficient (Wildman–Crippen LogP) is 2.49. The average Bonchev–Trinajstić information content (AvgIpc) is 2.81. The lowest BCUT2D eigenvalue weighted by Gasteiger charge is -2.42. The molecule has 1 aliphatic carbocycles. The molecule has 125 valence electrons. The van der Waals surface area contributed by atoms with Gasteiger partial charge in [0.2, 0.25) is 0 Å². The minimum Gasteiger partial charge on any atom is -0.598 e. The number of amides is 1. The summed E-state index contributed by atoms with van der Waals surface area (Å²) < 4.78 is 15.8. The molecular weight excluding hydrogens is 308 g/mol. The number of likely N-dealkylation sites (tertiary alicyclic amines) is 1. The van der Waals surface area contributed by atoms with Gasteiger partial charge in [0.1, 0.15) is 4.75 Å². The summed E-state index contributed by atoms with van der Waals surface area (Å²) in [7, 11) is 0. The lowest BCUT2D eigenvalue weighted by atomic mass is 9.73. The van der Waals surface area contributed by atoms with Gasteiger partial charge < -0.3 is 9.45 Å². The Morgan fingerprint density at radius 1 is 1.30 bits per heavy atom. The molecule has 1 aliphatic heterocycles. The minimum atomic E-state index is -1.11. The van der Waals surface area contributed by atoms with E-state index in [0.717, 1.165) is 32.4 Å². The number of fused-ring (bicyclic) bond motifs is 1. The van der Waals surface area contributed by atoms with Gasteiger partial charge in [0.05, 0.1) is 6.04 Å². The van der Waals surface area contributed by atoms with Gasteiger partial charge in [0.25, 0.3) is 0 Å².